The second-order valence-corrected chi connectivity index (χ2v) is 13.8. The predicted octanol–water partition coefficient (Wildman–Crippen LogP) is 8.43. The van der Waals surface area contributed by atoms with Gasteiger partial charge in [-0.3, -0.25) is 9.35 Å². The number of rotatable bonds is 31. The van der Waals surface area contributed by atoms with Crippen molar-refractivity contribution in [3.63, 3.8) is 0 Å². The molecule has 1 amide bonds. The van der Waals surface area contributed by atoms with E-state index < -0.39 is 40.0 Å². The van der Waals surface area contributed by atoms with Gasteiger partial charge in [0.15, 0.2) is 0 Å². The van der Waals surface area contributed by atoms with Crippen LogP contribution in [0.3, 0.4) is 0 Å². The zero-order valence-electron chi connectivity index (χ0n) is 27.2. The summed E-state index contributed by atoms with van der Waals surface area (Å²) in [4.78, 5) is 12.5. The topological polar surface area (TPSA) is 124 Å². The van der Waals surface area contributed by atoms with Crippen LogP contribution in [0.4, 0.5) is 0 Å². The van der Waals surface area contributed by atoms with E-state index in [2.05, 4.69) is 31.3 Å². The zero-order chi connectivity index (χ0) is 31.3. The number of carbonyl (C=O) groups excluding carboxylic acids is 1. The Morgan fingerprint density at radius 2 is 1.00 bits per heavy atom. The molecule has 0 aromatic heterocycles. The van der Waals surface area contributed by atoms with Gasteiger partial charge in [0.2, 0.25) is 5.91 Å². The third-order valence-electron chi connectivity index (χ3n) is 8.08. The molecule has 0 bridgehead atoms. The second-order valence-electron chi connectivity index (χ2n) is 12.3. The lowest BCUT2D eigenvalue weighted by atomic mass is 10.0. The standard InChI is InChI=1S/C34H67NO6S/c1-3-5-7-9-11-13-15-16-17-19-21-23-25-27-29-33(37)34(38)35-31(30-42(39,40)41)32(36)28-26-24-22-20-18-14-12-10-8-6-4-2/h13,15,31-33,36-37H,3-12,14,16-30H2,1-2H3,(H,35,38)(H,39,40,41)/b15-13-. The van der Waals surface area contributed by atoms with Gasteiger partial charge in [-0.25, -0.2) is 0 Å². The minimum atomic E-state index is -4.40. The normalized spacial score (nSPS) is 14.3. The van der Waals surface area contributed by atoms with Crippen LogP contribution in [0.1, 0.15) is 174 Å². The Morgan fingerprint density at radius 3 is 1.45 bits per heavy atom. The van der Waals surface area contributed by atoms with Crippen molar-refractivity contribution in [1.29, 1.82) is 0 Å². The zero-order valence-corrected chi connectivity index (χ0v) is 28.1. The van der Waals surface area contributed by atoms with Crippen LogP contribution < -0.4 is 5.32 Å². The average Bonchev–Trinajstić information content (AvgIpc) is 2.94. The highest BCUT2D eigenvalue weighted by atomic mass is 32.2. The number of aliphatic hydroxyl groups excluding tert-OH is 2. The lowest BCUT2D eigenvalue weighted by molar-refractivity contribution is -0.131. The SMILES string of the molecule is CCCCCC/C=C\CCCCCCCCC(O)C(=O)NC(CS(=O)(=O)O)C(O)CCCCCCCCCCCCC. The Labute approximate surface area is 259 Å². The van der Waals surface area contributed by atoms with Gasteiger partial charge in [0, 0.05) is 0 Å². The first-order valence-electron chi connectivity index (χ1n) is 17.5. The number of hydrogen-bond acceptors (Lipinski definition) is 5. The van der Waals surface area contributed by atoms with Crippen LogP contribution in [0, 0.1) is 0 Å². The molecule has 0 radical (unpaired) electrons. The van der Waals surface area contributed by atoms with E-state index in [-0.39, 0.29) is 0 Å². The van der Waals surface area contributed by atoms with Gasteiger partial charge in [-0.2, -0.15) is 8.42 Å². The molecule has 42 heavy (non-hydrogen) atoms. The number of amides is 1. The molecule has 0 saturated heterocycles. The molecule has 0 aliphatic heterocycles. The summed E-state index contributed by atoms with van der Waals surface area (Å²) in [6.45, 7) is 4.45. The summed E-state index contributed by atoms with van der Waals surface area (Å²) in [7, 11) is -4.40. The van der Waals surface area contributed by atoms with Crippen LogP contribution in [-0.4, -0.2) is 53.1 Å². The quantitative estimate of drug-likeness (QED) is 0.0352. The third-order valence-corrected chi connectivity index (χ3v) is 8.86. The summed E-state index contributed by atoms with van der Waals surface area (Å²) in [6.07, 6.45) is 29.4. The summed E-state index contributed by atoms with van der Waals surface area (Å²) in [5, 5.41) is 23.4. The van der Waals surface area contributed by atoms with E-state index in [9.17, 15) is 28.0 Å². The van der Waals surface area contributed by atoms with Gasteiger partial charge in [-0.05, 0) is 38.5 Å². The molecule has 3 unspecified atom stereocenters. The van der Waals surface area contributed by atoms with Crippen LogP contribution in [0.2, 0.25) is 0 Å². The third kappa shape index (κ3) is 27.8. The summed E-state index contributed by atoms with van der Waals surface area (Å²) in [5.41, 5.74) is 0. The lowest BCUT2D eigenvalue weighted by Crippen LogP contribution is -2.50. The van der Waals surface area contributed by atoms with Crippen molar-refractivity contribution >= 4 is 16.0 Å². The van der Waals surface area contributed by atoms with Gasteiger partial charge in [0.05, 0.1) is 17.9 Å². The minimum Gasteiger partial charge on any atom is -0.391 e. The number of nitrogens with one attached hydrogen (secondary N) is 1. The number of carbonyl (C=O) groups is 1. The van der Waals surface area contributed by atoms with Crippen molar-refractivity contribution < 1.29 is 28.0 Å². The molecule has 0 aliphatic rings. The molecule has 8 heteroatoms. The van der Waals surface area contributed by atoms with Crippen molar-refractivity contribution in [3.05, 3.63) is 12.2 Å². The average molecular weight is 618 g/mol. The molecule has 250 valence electrons. The highest BCUT2D eigenvalue weighted by molar-refractivity contribution is 7.85. The summed E-state index contributed by atoms with van der Waals surface area (Å²) in [6, 6.07) is -1.14. The van der Waals surface area contributed by atoms with Crippen molar-refractivity contribution in [3.8, 4) is 0 Å². The fourth-order valence-corrected chi connectivity index (χ4v) is 6.10. The Bertz CT molecular complexity index is 742. The maximum absolute atomic E-state index is 12.5. The number of hydrogen-bond donors (Lipinski definition) is 4. The summed E-state index contributed by atoms with van der Waals surface area (Å²) < 4.78 is 32.3. The first kappa shape index (κ1) is 41.0. The van der Waals surface area contributed by atoms with Crippen LogP contribution in [-0.2, 0) is 14.9 Å². The van der Waals surface area contributed by atoms with Gasteiger partial charge >= 0.3 is 0 Å². The summed E-state index contributed by atoms with van der Waals surface area (Å²) >= 11 is 0. The second kappa shape index (κ2) is 28.8. The molecule has 4 N–H and O–H groups in total. The van der Waals surface area contributed by atoms with Crippen LogP contribution in [0.15, 0.2) is 12.2 Å². The highest BCUT2D eigenvalue weighted by Gasteiger charge is 2.28. The monoisotopic (exact) mass is 617 g/mol. The molecule has 0 rings (SSSR count). The van der Waals surface area contributed by atoms with Gasteiger partial charge in [0.1, 0.15) is 6.10 Å². The summed E-state index contributed by atoms with van der Waals surface area (Å²) in [5.74, 6) is -1.46. The number of allylic oxidation sites excluding steroid dienone is 2. The Balaban J connectivity index is 4.09. The van der Waals surface area contributed by atoms with Crippen molar-refractivity contribution in [1.82, 2.24) is 5.32 Å². The van der Waals surface area contributed by atoms with Crippen molar-refractivity contribution in [2.45, 2.75) is 193 Å². The van der Waals surface area contributed by atoms with Crippen LogP contribution >= 0.6 is 0 Å². The Hall–Kier alpha value is -0.960. The Kier molecular flexibility index (Phi) is 28.1. The molecule has 0 aromatic carbocycles. The molecular weight excluding hydrogens is 550 g/mol. The lowest BCUT2D eigenvalue weighted by Gasteiger charge is -2.24. The molecule has 0 saturated carbocycles. The smallest absolute Gasteiger partial charge is 0.266 e. The molecule has 0 fully saturated rings. The van der Waals surface area contributed by atoms with E-state index in [1.165, 1.54) is 89.9 Å². The van der Waals surface area contributed by atoms with E-state index in [1.54, 1.807) is 0 Å². The van der Waals surface area contributed by atoms with Crippen LogP contribution in [0.5, 0.6) is 0 Å². The van der Waals surface area contributed by atoms with Gasteiger partial charge < -0.3 is 15.5 Å². The maximum atomic E-state index is 12.5. The van der Waals surface area contributed by atoms with Gasteiger partial charge in [0.25, 0.3) is 10.1 Å². The van der Waals surface area contributed by atoms with E-state index in [0.717, 1.165) is 44.9 Å². The van der Waals surface area contributed by atoms with Gasteiger partial charge in [-0.1, -0.05) is 148 Å². The van der Waals surface area contributed by atoms with E-state index in [1.807, 2.05) is 0 Å². The first-order valence-corrected chi connectivity index (χ1v) is 19.1. The molecule has 3 atom stereocenters. The number of unbranched alkanes of at least 4 members (excludes halogenated alkanes) is 20. The predicted molar refractivity (Wildman–Crippen MR) is 176 cm³/mol. The molecule has 0 aromatic rings. The molecule has 7 nitrogen and oxygen atoms in total. The highest BCUT2D eigenvalue weighted by Crippen LogP contribution is 2.15. The van der Waals surface area contributed by atoms with Crippen molar-refractivity contribution in [2.75, 3.05) is 5.75 Å². The maximum Gasteiger partial charge on any atom is 0.266 e. The Morgan fingerprint density at radius 1 is 0.619 bits per heavy atom. The molecule has 0 aliphatic carbocycles. The molecule has 0 spiro atoms. The largest absolute Gasteiger partial charge is 0.391 e. The number of aliphatic hydroxyl groups is 2. The van der Waals surface area contributed by atoms with Crippen LogP contribution in [0.25, 0.3) is 0 Å². The minimum absolute atomic E-state index is 0.292. The fourth-order valence-electron chi connectivity index (χ4n) is 5.34. The first-order chi connectivity index (χ1) is 20.2. The van der Waals surface area contributed by atoms with Gasteiger partial charge in [-0.15, -0.1) is 0 Å². The van der Waals surface area contributed by atoms with Crippen molar-refractivity contribution in [2.24, 2.45) is 0 Å². The van der Waals surface area contributed by atoms with E-state index >= 15 is 0 Å². The molecule has 0 heterocycles. The van der Waals surface area contributed by atoms with E-state index in [4.69, 9.17) is 0 Å². The fraction of sp³-hybridized carbons (Fsp3) is 0.912. The molecular formula is C34H67NO6S. The van der Waals surface area contributed by atoms with E-state index in [0.29, 0.717) is 25.7 Å².